The SMILES string of the molecule is CCOc1ccc(CC(C)N2CCCCCC2)cc1N. The first kappa shape index (κ1) is 15.2. The zero-order valence-corrected chi connectivity index (χ0v) is 12.9. The first-order chi connectivity index (χ1) is 9.70. The van der Waals surface area contributed by atoms with E-state index in [1.165, 1.54) is 44.3 Å². The van der Waals surface area contributed by atoms with E-state index < -0.39 is 0 Å². The Hall–Kier alpha value is -1.22. The van der Waals surface area contributed by atoms with Crippen molar-refractivity contribution in [3.63, 3.8) is 0 Å². The van der Waals surface area contributed by atoms with Crippen molar-refractivity contribution in [1.29, 1.82) is 0 Å². The van der Waals surface area contributed by atoms with Crippen LogP contribution in [0.2, 0.25) is 0 Å². The third-order valence-corrected chi connectivity index (χ3v) is 4.17. The first-order valence-corrected chi connectivity index (χ1v) is 7.96. The van der Waals surface area contributed by atoms with Gasteiger partial charge in [0.15, 0.2) is 0 Å². The average molecular weight is 276 g/mol. The molecule has 0 aromatic heterocycles. The summed E-state index contributed by atoms with van der Waals surface area (Å²) in [5.41, 5.74) is 8.11. The number of nitrogens with zero attached hydrogens (tertiary/aromatic N) is 1. The third kappa shape index (κ3) is 4.14. The number of ether oxygens (including phenoxy) is 1. The van der Waals surface area contributed by atoms with Crippen LogP contribution in [0.3, 0.4) is 0 Å². The Balaban J connectivity index is 1.96. The molecular weight excluding hydrogens is 248 g/mol. The fourth-order valence-corrected chi connectivity index (χ4v) is 3.02. The Labute approximate surface area is 123 Å². The van der Waals surface area contributed by atoms with E-state index in [2.05, 4.69) is 24.0 Å². The summed E-state index contributed by atoms with van der Waals surface area (Å²) in [6.07, 6.45) is 6.53. The average Bonchev–Trinajstić information content (AvgIpc) is 2.71. The zero-order chi connectivity index (χ0) is 14.4. The molecule has 0 bridgehead atoms. The molecule has 0 spiro atoms. The normalized spacial score (nSPS) is 18.5. The summed E-state index contributed by atoms with van der Waals surface area (Å²) in [6, 6.07) is 6.81. The molecule has 1 saturated heterocycles. The fraction of sp³-hybridized carbons (Fsp3) is 0.647. The second kappa shape index (κ2) is 7.53. The quantitative estimate of drug-likeness (QED) is 0.837. The number of nitrogen functional groups attached to an aromatic ring is 1. The largest absolute Gasteiger partial charge is 0.492 e. The van der Waals surface area contributed by atoms with Crippen LogP contribution >= 0.6 is 0 Å². The number of hydrogen-bond donors (Lipinski definition) is 1. The van der Waals surface area contributed by atoms with E-state index in [1.807, 2.05) is 13.0 Å². The second-order valence-electron chi connectivity index (χ2n) is 5.81. The van der Waals surface area contributed by atoms with Gasteiger partial charge in [0.05, 0.1) is 12.3 Å². The molecule has 1 aliphatic heterocycles. The molecular formula is C17H28N2O. The summed E-state index contributed by atoms with van der Waals surface area (Å²) in [4.78, 5) is 2.62. The number of likely N-dealkylation sites (tertiary alicyclic amines) is 1. The van der Waals surface area contributed by atoms with Gasteiger partial charge >= 0.3 is 0 Å². The minimum atomic E-state index is 0.588. The Morgan fingerprint density at radius 2 is 1.90 bits per heavy atom. The van der Waals surface area contributed by atoms with Crippen molar-refractivity contribution in [3.05, 3.63) is 23.8 Å². The number of rotatable bonds is 5. The first-order valence-electron chi connectivity index (χ1n) is 7.96. The topological polar surface area (TPSA) is 38.5 Å². The van der Waals surface area contributed by atoms with Crippen molar-refractivity contribution in [2.75, 3.05) is 25.4 Å². The molecule has 0 aliphatic carbocycles. The number of nitrogens with two attached hydrogens (primary N) is 1. The molecule has 1 fully saturated rings. The van der Waals surface area contributed by atoms with Crippen molar-refractivity contribution < 1.29 is 4.74 Å². The molecule has 1 atom stereocenters. The van der Waals surface area contributed by atoms with Crippen molar-refractivity contribution in [3.8, 4) is 5.75 Å². The van der Waals surface area contributed by atoms with Gasteiger partial charge < -0.3 is 15.4 Å². The number of anilines is 1. The predicted octanol–water partition coefficient (Wildman–Crippen LogP) is 3.47. The molecule has 1 aromatic carbocycles. The van der Waals surface area contributed by atoms with Crippen LogP contribution in [0.4, 0.5) is 5.69 Å². The maximum atomic E-state index is 6.05. The van der Waals surface area contributed by atoms with Gasteiger partial charge in [0.25, 0.3) is 0 Å². The molecule has 0 saturated carbocycles. The Morgan fingerprint density at radius 3 is 2.50 bits per heavy atom. The standard InChI is InChI=1S/C17H28N2O/c1-3-20-17-9-8-15(13-16(17)18)12-14(2)19-10-6-4-5-7-11-19/h8-9,13-14H,3-7,10-12,18H2,1-2H3. The van der Waals surface area contributed by atoms with Gasteiger partial charge in [0.1, 0.15) is 5.75 Å². The molecule has 0 amide bonds. The highest BCUT2D eigenvalue weighted by molar-refractivity contribution is 5.54. The summed E-state index contributed by atoms with van der Waals surface area (Å²) in [7, 11) is 0. The van der Waals surface area contributed by atoms with Crippen LogP contribution in [-0.4, -0.2) is 30.6 Å². The van der Waals surface area contributed by atoms with E-state index in [4.69, 9.17) is 10.5 Å². The van der Waals surface area contributed by atoms with Gasteiger partial charge in [0.2, 0.25) is 0 Å². The van der Waals surface area contributed by atoms with Crippen molar-refractivity contribution in [2.45, 2.75) is 52.0 Å². The van der Waals surface area contributed by atoms with E-state index >= 15 is 0 Å². The van der Waals surface area contributed by atoms with Gasteiger partial charge in [0, 0.05) is 6.04 Å². The van der Waals surface area contributed by atoms with Crippen LogP contribution in [0.1, 0.15) is 45.1 Å². The van der Waals surface area contributed by atoms with Gasteiger partial charge in [-0.1, -0.05) is 18.9 Å². The van der Waals surface area contributed by atoms with Crippen molar-refractivity contribution in [1.82, 2.24) is 4.90 Å². The highest BCUT2D eigenvalue weighted by Crippen LogP contribution is 2.24. The minimum Gasteiger partial charge on any atom is -0.492 e. The maximum absolute atomic E-state index is 6.05. The third-order valence-electron chi connectivity index (χ3n) is 4.17. The van der Waals surface area contributed by atoms with Gasteiger partial charge in [-0.15, -0.1) is 0 Å². The summed E-state index contributed by atoms with van der Waals surface area (Å²) in [5, 5.41) is 0. The summed E-state index contributed by atoms with van der Waals surface area (Å²) in [5.74, 6) is 0.804. The lowest BCUT2D eigenvalue weighted by atomic mass is 10.0. The van der Waals surface area contributed by atoms with E-state index in [0.717, 1.165) is 17.9 Å². The maximum Gasteiger partial charge on any atom is 0.142 e. The Kier molecular flexibility index (Phi) is 5.72. The molecule has 2 rings (SSSR count). The monoisotopic (exact) mass is 276 g/mol. The van der Waals surface area contributed by atoms with Crippen LogP contribution in [0.25, 0.3) is 0 Å². The summed E-state index contributed by atoms with van der Waals surface area (Å²) in [6.45, 7) is 7.46. The Morgan fingerprint density at radius 1 is 1.20 bits per heavy atom. The fourth-order valence-electron chi connectivity index (χ4n) is 3.02. The predicted molar refractivity (Wildman–Crippen MR) is 85.2 cm³/mol. The molecule has 1 heterocycles. The van der Waals surface area contributed by atoms with Crippen LogP contribution in [-0.2, 0) is 6.42 Å². The van der Waals surface area contributed by atoms with Gasteiger partial charge in [-0.25, -0.2) is 0 Å². The van der Waals surface area contributed by atoms with E-state index in [1.54, 1.807) is 0 Å². The highest BCUT2D eigenvalue weighted by Gasteiger charge is 2.16. The van der Waals surface area contributed by atoms with Crippen molar-refractivity contribution >= 4 is 5.69 Å². The smallest absolute Gasteiger partial charge is 0.142 e. The molecule has 0 radical (unpaired) electrons. The lowest BCUT2D eigenvalue weighted by Gasteiger charge is -2.27. The Bertz CT molecular complexity index is 411. The lowest BCUT2D eigenvalue weighted by molar-refractivity contribution is 0.216. The van der Waals surface area contributed by atoms with Gasteiger partial charge in [-0.05, 0) is 63.9 Å². The van der Waals surface area contributed by atoms with E-state index in [-0.39, 0.29) is 0 Å². The summed E-state index contributed by atoms with van der Waals surface area (Å²) >= 11 is 0. The van der Waals surface area contributed by atoms with Crippen molar-refractivity contribution in [2.24, 2.45) is 0 Å². The van der Waals surface area contributed by atoms with Crippen LogP contribution in [0, 0.1) is 0 Å². The molecule has 20 heavy (non-hydrogen) atoms. The molecule has 1 unspecified atom stereocenters. The minimum absolute atomic E-state index is 0.588. The van der Waals surface area contributed by atoms with Gasteiger partial charge in [-0.2, -0.15) is 0 Å². The van der Waals surface area contributed by atoms with E-state index in [0.29, 0.717) is 12.6 Å². The molecule has 3 heteroatoms. The lowest BCUT2D eigenvalue weighted by Crippen LogP contribution is -2.35. The van der Waals surface area contributed by atoms with Crippen LogP contribution in [0.5, 0.6) is 5.75 Å². The number of benzene rings is 1. The van der Waals surface area contributed by atoms with Gasteiger partial charge in [-0.3, -0.25) is 0 Å². The molecule has 112 valence electrons. The second-order valence-corrected chi connectivity index (χ2v) is 5.81. The highest BCUT2D eigenvalue weighted by atomic mass is 16.5. The van der Waals surface area contributed by atoms with Crippen LogP contribution < -0.4 is 10.5 Å². The number of hydrogen-bond acceptors (Lipinski definition) is 3. The molecule has 3 nitrogen and oxygen atoms in total. The zero-order valence-electron chi connectivity index (χ0n) is 12.9. The van der Waals surface area contributed by atoms with E-state index in [9.17, 15) is 0 Å². The molecule has 1 aliphatic rings. The summed E-state index contributed by atoms with van der Waals surface area (Å²) < 4.78 is 5.49. The molecule has 1 aromatic rings. The molecule has 2 N–H and O–H groups in total. The van der Waals surface area contributed by atoms with Crippen LogP contribution in [0.15, 0.2) is 18.2 Å².